The molecule has 1 aromatic rings. The topological polar surface area (TPSA) is 49.3 Å². The van der Waals surface area contributed by atoms with Gasteiger partial charge in [0.1, 0.15) is 6.04 Å². The number of hydrogen-bond acceptors (Lipinski definition) is 3. The van der Waals surface area contributed by atoms with E-state index in [1.807, 2.05) is 12.1 Å². The van der Waals surface area contributed by atoms with Crippen LogP contribution < -0.4 is 5.32 Å². The number of carbonyl (C=O) groups is 1. The summed E-state index contributed by atoms with van der Waals surface area (Å²) in [5.41, 5.74) is 0.987. The van der Waals surface area contributed by atoms with Crippen LogP contribution in [0, 0.1) is 0 Å². The fourth-order valence-electron chi connectivity index (χ4n) is 1.51. The van der Waals surface area contributed by atoms with Gasteiger partial charge in [0.2, 0.25) is 0 Å². The van der Waals surface area contributed by atoms with Crippen LogP contribution >= 0.6 is 39.3 Å². The number of carboxylic acid groups (broad SMARTS) is 1. The number of rotatable bonds is 2. The highest BCUT2D eigenvalue weighted by Gasteiger charge is 2.31. The van der Waals surface area contributed by atoms with Crippen LogP contribution in [0.15, 0.2) is 22.7 Å². The van der Waals surface area contributed by atoms with E-state index < -0.39 is 12.0 Å². The Morgan fingerprint density at radius 3 is 3.00 bits per heavy atom. The summed E-state index contributed by atoms with van der Waals surface area (Å²) >= 11 is 10.9. The minimum atomic E-state index is -0.812. The molecule has 1 unspecified atom stereocenters. The maximum absolute atomic E-state index is 10.8. The lowest BCUT2D eigenvalue weighted by Gasteiger charge is -2.13. The summed E-state index contributed by atoms with van der Waals surface area (Å²) in [4.78, 5) is 10.8. The van der Waals surface area contributed by atoms with Gasteiger partial charge in [0.25, 0.3) is 0 Å². The molecule has 1 aromatic carbocycles. The Hall–Kier alpha value is -0.230. The highest BCUT2D eigenvalue weighted by molar-refractivity contribution is 9.10. The van der Waals surface area contributed by atoms with Crippen LogP contribution in [0.3, 0.4) is 0 Å². The minimum absolute atomic E-state index is 0.0193. The van der Waals surface area contributed by atoms with Gasteiger partial charge in [-0.15, -0.1) is 11.8 Å². The van der Waals surface area contributed by atoms with Gasteiger partial charge in [-0.25, -0.2) is 0 Å². The zero-order valence-corrected chi connectivity index (χ0v) is 11.3. The lowest BCUT2D eigenvalue weighted by Crippen LogP contribution is -2.33. The summed E-state index contributed by atoms with van der Waals surface area (Å²) in [6.45, 7) is 0. The number of carboxylic acids is 1. The molecule has 1 fully saturated rings. The fraction of sp³-hybridized carbons (Fsp3) is 0.300. The zero-order valence-electron chi connectivity index (χ0n) is 8.11. The SMILES string of the molecule is O=C(O)[C@H]1CSC(c2cc(Cl)ccc2Br)N1. The molecule has 1 saturated heterocycles. The Labute approximate surface area is 111 Å². The van der Waals surface area contributed by atoms with Crippen LogP contribution in [0.2, 0.25) is 5.02 Å². The summed E-state index contributed by atoms with van der Waals surface area (Å²) < 4.78 is 0.938. The molecule has 0 radical (unpaired) electrons. The molecule has 1 aliphatic rings. The maximum atomic E-state index is 10.8. The number of thioether (sulfide) groups is 1. The molecule has 2 rings (SSSR count). The number of halogens is 2. The Morgan fingerprint density at radius 2 is 2.38 bits per heavy atom. The second-order valence-corrected chi connectivity index (χ2v) is 5.87. The Balaban J connectivity index is 2.20. The van der Waals surface area contributed by atoms with E-state index in [1.165, 1.54) is 0 Å². The first-order valence-corrected chi connectivity index (χ1v) is 6.85. The normalized spacial score (nSPS) is 24.6. The van der Waals surface area contributed by atoms with E-state index >= 15 is 0 Å². The molecule has 3 nitrogen and oxygen atoms in total. The van der Waals surface area contributed by atoms with E-state index in [4.69, 9.17) is 16.7 Å². The molecule has 2 atom stereocenters. The van der Waals surface area contributed by atoms with Gasteiger partial charge < -0.3 is 5.11 Å². The van der Waals surface area contributed by atoms with Crippen LogP contribution in [0.4, 0.5) is 0 Å². The van der Waals surface area contributed by atoms with Crippen LogP contribution in [0.25, 0.3) is 0 Å². The third-order valence-electron chi connectivity index (χ3n) is 2.32. The van der Waals surface area contributed by atoms with Gasteiger partial charge in [-0.05, 0) is 23.8 Å². The van der Waals surface area contributed by atoms with Crippen molar-refractivity contribution in [3.05, 3.63) is 33.3 Å². The molecule has 86 valence electrons. The summed E-state index contributed by atoms with van der Waals surface area (Å²) in [5, 5.41) is 12.6. The number of nitrogens with one attached hydrogen (secondary N) is 1. The van der Waals surface area contributed by atoms with Crippen molar-refractivity contribution in [2.24, 2.45) is 0 Å². The molecule has 16 heavy (non-hydrogen) atoms. The van der Waals surface area contributed by atoms with Gasteiger partial charge in [0, 0.05) is 15.2 Å². The van der Waals surface area contributed by atoms with Gasteiger partial charge >= 0.3 is 5.97 Å². The molecule has 0 saturated carbocycles. The number of benzene rings is 1. The summed E-state index contributed by atoms with van der Waals surface area (Å²) in [7, 11) is 0. The average molecular weight is 323 g/mol. The van der Waals surface area contributed by atoms with E-state index in [0.29, 0.717) is 10.8 Å². The summed E-state index contributed by atoms with van der Waals surface area (Å²) in [6, 6.07) is 5.03. The summed E-state index contributed by atoms with van der Waals surface area (Å²) in [6.07, 6.45) is 0. The van der Waals surface area contributed by atoms with E-state index in [0.717, 1.165) is 10.0 Å². The van der Waals surface area contributed by atoms with Crippen molar-refractivity contribution in [1.29, 1.82) is 0 Å². The van der Waals surface area contributed by atoms with E-state index in [1.54, 1.807) is 17.8 Å². The van der Waals surface area contributed by atoms with Crippen LogP contribution in [0.1, 0.15) is 10.9 Å². The number of hydrogen-bond donors (Lipinski definition) is 2. The van der Waals surface area contributed by atoms with E-state index in [2.05, 4.69) is 21.2 Å². The number of aliphatic carboxylic acids is 1. The predicted octanol–water partition coefficient (Wildman–Crippen LogP) is 2.89. The third-order valence-corrected chi connectivity index (χ3v) is 4.53. The largest absolute Gasteiger partial charge is 0.480 e. The van der Waals surface area contributed by atoms with E-state index in [-0.39, 0.29) is 5.37 Å². The molecular formula is C10H9BrClNO2S. The average Bonchev–Trinajstić information content (AvgIpc) is 2.70. The molecule has 0 spiro atoms. The lowest BCUT2D eigenvalue weighted by atomic mass is 10.2. The Kier molecular flexibility index (Phi) is 3.79. The Morgan fingerprint density at radius 1 is 1.62 bits per heavy atom. The molecule has 0 aromatic heterocycles. The predicted molar refractivity (Wildman–Crippen MR) is 68.9 cm³/mol. The highest BCUT2D eigenvalue weighted by Crippen LogP contribution is 2.37. The van der Waals surface area contributed by atoms with Crippen molar-refractivity contribution in [3.8, 4) is 0 Å². The summed E-state index contributed by atoms with van der Waals surface area (Å²) in [5.74, 6) is -0.243. The molecular weight excluding hydrogens is 314 g/mol. The molecule has 0 aliphatic carbocycles. The second kappa shape index (κ2) is 4.96. The first kappa shape index (κ1) is 12.2. The van der Waals surface area contributed by atoms with Crippen molar-refractivity contribution in [2.75, 3.05) is 5.75 Å². The van der Waals surface area contributed by atoms with Crippen LogP contribution in [0.5, 0.6) is 0 Å². The van der Waals surface area contributed by atoms with Crippen molar-refractivity contribution < 1.29 is 9.90 Å². The first-order chi connectivity index (χ1) is 7.58. The second-order valence-electron chi connectivity index (χ2n) is 3.44. The quantitative estimate of drug-likeness (QED) is 0.879. The minimum Gasteiger partial charge on any atom is -0.480 e. The molecule has 1 aliphatic heterocycles. The van der Waals surface area contributed by atoms with Gasteiger partial charge in [0.15, 0.2) is 0 Å². The third kappa shape index (κ3) is 2.53. The van der Waals surface area contributed by atoms with Gasteiger partial charge in [-0.2, -0.15) is 0 Å². The van der Waals surface area contributed by atoms with Gasteiger partial charge in [-0.3, -0.25) is 10.1 Å². The fourth-order valence-corrected chi connectivity index (χ4v) is 3.58. The molecule has 0 bridgehead atoms. The standard InChI is InChI=1S/C10H9BrClNO2S/c11-7-2-1-5(12)3-6(7)9-13-8(4-16-9)10(14)15/h1-3,8-9,13H,4H2,(H,14,15)/t8-,9?/m1/s1. The van der Waals surface area contributed by atoms with Crippen molar-refractivity contribution >= 4 is 45.3 Å². The first-order valence-electron chi connectivity index (χ1n) is 4.63. The molecule has 1 heterocycles. The smallest absolute Gasteiger partial charge is 0.321 e. The highest BCUT2D eigenvalue weighted by atomic mass is 79.9. The molecule has 6 heteroatoms. The molecule has 2 N–H and O–H groups in total. The van der Waals surface area contributed by atoms with Crippen LogP contribution in [-0.2, 0) is 4.79 Å². The lowest BCUT2D eigenvalue weighted by molar-refractivity contribution is -0.138. The van der Waals surface area contributed by atoms with Crippen molar-refractivity contribution in [1.82, 2.24) is 5.32 Å². The zero-order chi connectivity index (χ0) is 11.7. The monoisotopic (exact) mass is 321 g/mol. The van der Waals surface area contributed by atoms with Crippen molar-refractivity contribution in [2.45, 2.75) is 11.4 Å². The maximum Gasteiger partial charge on any atom is 0.321 e. The van der Waals surface area contributed by atoms with Gasteiger partial charge in [0.05, 0.1) is 5.37 Å². The van der Waals surface area contributed by atoms with Crippen LogP contribution in [-0.4, -0.2) is 22.9 Å². The van der Waals surface area contributed by atoms with E-state index in [9.17, 15) is 4.79 Å². The van der Waals surface area contributed by atoms with Gasteiger partial charge in [-0.1, -0.05) is 27.5 Å². The van der Waals surface area contributed by atoms with Crippen molar-refractivity contribution in [3.63, 3.8) is 0 Å². The Bertz CT molecular complexity index is 429. The molecule has 0 amide bonds.